The lowest BCUT2D eigenvalue weighted by molar-refractivity contribution is -0.137. The van der Waals surface area contributed by atoms with Crippen molar-refractivity contribution in [2.45, 2.75) is 30.5 Å². The number of benzene rings is 2. The summed E-state index contributed by atoms with van der Waals surface area (Å²) in [4.78, 5) is 12.1. The van der Waals surface area contributed by atoms with Gasteiger partial charge < -0.3 is 5.32 Å². The number of nitrogens with one attached hydrogen (secondary N) is 2. The van der Waals surface area contributed by atoms with E-state index >= 15 is 0 Å². The molecule has 1 atom stereocenters. The van der Waals surface area contributed by atoms with Crippen LogP contribution in [-0.4, -0.2) is 20.4 Å². The third-order valence-corrected chi connectivity index (χ3v) is 5.50. The summed E-state index contributed by atoms with van der Waals surface area (Å²) in [5.74, 6) is -1.49. The first-order valence-corrected chi connectivity index (χ1v) is 9.75. The Kier molecular flexibility index (Phi) is 6.68. The van der Waals surface area contributed by atoms with Crippen molar-refractivity contribution in [1.29, 1.82) is 0 Å². The lowest BCUT2D eigenvalue weighted by Gasteiger charge is -2.18. The third-order valence-electron chi connectivity index (χ3n) is 3.69. The highest BCUT2D eigenvalue weighted by Crippen LogP contribution is 2.36. The molecule has 1 amide bonds. The van der Waals surface area contributed by atoms with Crippen molar-refractivity contribution < 1.29 is 30.8 Å². The van der Waals surface area contributed by atoms with E-state index in [0.29, 0.717) is 6.07 Å². The molecule has 0 saturated carbocycles. The van der Waals surface area contributed by atoms with Crippen LogP contribution in [0.1, 0.15) is 18.9 Å². The molecule has 0 aliphatic carbocycles. The molecule has 0 fully saturated rings. The Balaban J connectivity index is 2.19. The number of amides is 1. The summed E-state index contributed by atoms with van der Waals surface area (Å²) >= 11 is 5.52. The van der Waals surface area contributed by atoms with Crippen LogP contribution < -0.4 is 10.0 Å². The highest BCUT2D eigenvalue weighted by Gasteiger charge is 2.33. The highest BCUT2D eigenvalue weighted by atomic mass is 35.5. The van der Waals surface area contributed by atoms with Crippen molar-refractivity contribution >= 4 is 33.2 Å². The van der Waals surface area contributed by atoms with Gasteiger partial charge in [0.15, 0.2) is 0 Å². The third kappa shape index (κ3) is 5.43. The summed E-state index contributed by atoms with van der Waals surface area (Å²) in [6.07, 6.45) is -4.70. The molecule has 0 aliphatic heterocycles. The predicted molar refractivity (Wildman–Crippen MR) is 95.9 cm³/mol. The number of carbonyl (C=O) groups is 1. The minimum atomic E-state index is -4.72. The van der Waals surface area contributed by atoms with Crippen LogP contribution in [-0.2, 0) is 21.0 Å². The monoisotopic (exact) mass is 438 g/mol. The number of rotatable bonds is 6. The summed E-state index contributed by atoms with van der Waals surface area (Å²) < 4.78 is 78.5. The SMILES string of the molecule is CCC(NS(=O)(=O)c1ccc(F)cc1)C(=O)Nc1ccc(Cl)c(C(F)(F)F)c1. The van der Waals surface area contributed by atoms with Crippen LogP contribution in [0.5, 0.6) is 0 Å². The number of carbonyl (C=O) groups excluding carboxylic acids is 1. The number of halogens is 5. The molecule has 0 bridgehead atoms. The Hall–Kier alpha value is -2.17. The number of sulfonamides is 1. The molecule has 0 aromatic heterocycles. The first-order valence-electron chi connectivity index (χ1n) is 7.89. The van der Waals surface area contributed by atoms with Gasteiger partial charge in [-0.2, -0.15) is 17.9 Å². The van der Waals surface area contributed by atoms with Crippen molar-refractivity contribution in [3.05, 3.63) is 58.9 Å². The summed E-state index contributed by atoms with van der Waals surface area (Å²) in [5, 5.41) is 1.70. The minimum absolute atomic E-state index is 0.0198. The standard InChI is InChI=1S/C17H15ClF4N2O3S/c1-2-15(24-28(26,27)12-6-3-10(19)4-7-12)16(25)23-11-5-8-14(18)13(9-11)17(20,21)22/h3-9,15,24H,2H2,1H3,(H,23,25). The lowest BCUT2D eigenvalue weighted by Crippen LogP contribution is -2.43. The van der Waals surface area contributed by atoms with Crippen molar-refractivity contribution in [2.24, 2.45) is 0 Å². The van der Waals surface area contributed by atoms with E-state index in [-0.39, 0.29) is 17.0 Å². The maximum Gasteiger partial charge on any atom is 0.417 e. The Morgan fingerprint density at radius 1 is 1.14 bits per heavy atom. The van der Waals surface area contributed by atoms with E-state index in [0.717, 1.165) is 36.4 Å². The van der Waals surface area contributed by atoms with Crippen LogP contribution in [0.4, 0.5) is 23.2 Å². The molecule has 28 heavy (non-hydrogen) atoms. The fourth-order valence-corrected chi connectivity index (χ4v) is 3.74. The van der Waals surface area contributed by atoms with Gasteiger partial charge in [0.25, 0.3) is 0 Å². The van der Waals surface area contributed by atoms with E-state index in [1.807, 2.05) is 0 Å². The van der Waals surface area contributed by atoms with Crippen LogP contribution in [0.3, 0.4) is 0 Å². The van der Waals surface area contributed by atoms with Crippen LogP contribution in [0.15, 0.2) is 47.4 Å². The molecule has 1 unspecified atom stereocenters. The maximum absolute atomic E-state index is 13.0. The summed E-state index contributed by atoms with van der Waals surface area (Å²) in [6, 6.07) is 5.47. The maximum atomic E-state index is 13.0. The molecule has 5 nitrogen and oxygen atoms in total. The zero-order chi connectivity index (χ0) is 21.1. The van der Waals surface area contributed by atoms with Gasteiger partial charge in [-0.15, -0.1) is 0 Å². The summed E-state index contributed by atoms with van der Waals surface area (Å²) in [7, 11) is -4.14. The van der Waals surface area contributed by atoms with Crippen molar-refractivity contribution in [1.82, 2.24) is 4.72 Å². The van der Waals surface area contributed by atoms with E-state index in [4.69, 9.17) is 11.6 Å². The van der Waals surface area contributed by atoms with Crippen LogP contribution in [0.2, 0.25) is 5.02 Å². The Morgan fingerprint density at radius 3 is 2.29 bits per heavy atom. The molecular formula is C17H15ClF4N2O3S. The topological polar surface area (TPSA) is 75.3 Å². The number of hydrogen-bond donors (Lipinski definition) is 2. The summed E-state index contributed by atoms with van der Waals surface area (Å²) in [5.41, 5.74) is -1.33. The van der Waals surface area contributed by atoms with Crippen LogP contribution in [0, 0.1) is 5.82 Å². The van der Waals surface area contributed by atoms with E-state index in [2.05, 4.69) is 10.0 Å². The van der Waals surface area contributed by atoms with E-state index in [9.17, 15) is 30.8 Å². The second-order valence-electron chi connectivity index (χ2n) is 5.72. The Morgan fingerprint density at radius 2 is 1.75 bits per heavy atom. The van der Waals surface area contributed by atoms with Crippen LogP contribution in [0.25, 0.3) is 0 Å². The van der Waals surface area contributed by atoms with Gasteiger partial charge in [-0.3, -0.25) is 4.79 Å². The van der Waals surface area contributed by atoms with Crippen molar-refractivity contribution in [2.75, 3.05) is 5.32 Å². The molecule has 2 aromatic carbocycles. The van der Waals surface area contributed by atoms with E-state index < -0.39 is 44.6 Å². The van der Waals surface area contributed by atoms with Gasteiger partial charge >= 0.3 is 6.18 Å². The van der Waals surface area contributed by atoms with Gasteiger partial charge in [-0.05, 0) is 48.9 Å². The van der Waals surface area contributed by atoms with Crippen LogP contribution >= 0.6 is 11.6 Å². The zero-order valence-corrected chi connectivity index (χ0v) is 15.9. The van der Waals surface area contributed by atoms with Gasteiger partial charge in [-0.25, -0.2) is 12.8 Å². The van der Waals surface area contributed by atoms with Crippen molar-refractivity contribution in [3.8, 4) is 0 Å². The van der Waals surface area contributed by atoms with Gasteiger partial charge in [0.1, 0.15) is 11.9 Å². The van der Waals surface area contributed by atoms with Gasteiger partial charge in [-0.1, -0.05) is 18.5 Å². The Labute approximate surface area is 163 Å². The first-order chi connectivity index (χ1) is 12.9. The molecule has 0 heterocycles. The smallest absolute Gasteiger partial charge is 0.325 e. The highest BCUT2D eigenvalue weighted by molar-refractivity contribution is 7.89. The average Bonchev–Trinajstić information content (AvgIpc) is 2.60. The molecule has 0 aliphatic rings. The quantitative estimate of drug-likeness (QED) is 0.664. The molecule has 0 spiro atoms. The van der Waals surface area contributed by atoms with E-state index in [1.54, 1.807) is 0 Å². The molecule has 0 saturated heterocycles. The van der Waals surface area contributed by atoms with E-state index in [1.165, 1.54) is 6.92 Å². The van der Waals surface area contributed by atoms with Gasteiger partial charge in [0.05, 0.1) is 15.5 Å². The Bertz CT molecular complexity index is 963. The molecule has 2 aromatic rings. The minimum Gasteiger partial charge on any atom is -0.325 e. The normalized spacial score (nSPS) is 13.2. The fraction of sp³-hybridized carbons (Fsp3) is 0.235. The molecule has 0 radical (unpaired) electrons. The number of hydrogen-bond acceptors (Lipinski definition) is 3. The predicted octanol–water partition coefficient (Wildman–Crippen LogP) is 4.19. The second-order valence-corrected chi connectivity index (χ2v) is 7.84. The lowest BCUT2D eigenvalue weighted by atomic mass is 10.1. The molecule has 11 heteroatoms. The number of alkyl halides is 3. The second kappa shape index (κ2) is 8.46. The fourth-order valence-electron chi connectivity index (χ4n) is 2.24. The van der Waals surface area contributed by atoms with Crippen molar-refractivity contribution in [3.63, 3.8) is 0 Å². The molecule has 152 valence electrons. The zero-order valence-electron chi connectivity index (χ0n) is 14.3. The summed E-state index contributed by atoms with van der Waals surface area (Å²) in [6.45, 7) is 1.51. The van der Waals surface area contributed by atoms with Gasteiger partial charge in [0.2, 0.25) is 15.9 Å². The molecular weight excluding hydrogens is 424 g/mol. The average molecular weight is 439 g/mol. The number of anilines is 1. The molecule has 2 N–H and O–H groups in total. The largest absolute Gasteiger partial charge is 0.417 e. The van der Waals surface area contributed by atoms with Gasteiger partial charge in [0, 0.05) is 5.69 Å². The molecule has 2 rings (SSSR count). The first kappa shape index (κ1) is 22.1.